The van der Waals surface area contributed by atoms with Crippen LogP contribution in [0, 0.1) is 6.92 Å². The summed E-state index contributed by atoms with van der Waals surface area (Å²) in [5.74, 6) is 0. The van der Waals surface area contributed by atoms with E-state index in [4.69, 9.17) is 0 Å². The molecule has 28 heavy (non-hydrogen) atoms. The average Bonchev–Trinajstić information content (AvgIpc) is 3.31. The second-order valence-electron chi connectivity index (χ2n) is 7.81. The molecule has 7 rings (SSSR count). The Morgan fingerprint density at radius 3 is 2.61 bits per heavy atom. The number of hydrogen-bond donors (Lipinski definition) is 0. The molecule has 4 heterocycles. The van der Waals surface area contributed by atoms with E-state index in [-0.39, 0.29) is 0 Å². The molecule has 4 aromatic heterocycles. The summed E-state index contributed by atoms with van der Waals surface area (Å²) in [5, 5.41) is 10.3. The smallest absolute Gasteiger partial charge is 0.239 e. The highest BCUT2D eigenvalue weighted by Crippen LogP contribution is 2.43. The summed E-state index contributed by atoms with van der Waals surface area (Å²) in [6.07, 6.45) is 2.28. The number of thiophene rings is 1. The number of nitrogens with zero attached hydrogens (tertiary/aromatic N) is 2. The van der Waals surface area contributed by atoms with Crippen molar-refractivity contribution in [2.45, 2.75) is 6.92 Å². The number of rotatable bonds is 0. The topological polar surface area (TPSA) is 8.29 Å². The average molecular weight is 377 g/mol. The monoisotopic (exact) mass is 377 g/mol. The van der Waals surface area contributed by atoms with Gasteiger partial charge in [-0.3, -0.25) is 0 Å². The minimum Gasteiger partial charge on any atom is -0.302 e. The van der Waals surface area contributed by atoms with Crippen LogP contribution in [-0.2, 0) is 7.05 Å². The van der Waals surface area contributed by atoms with Gasteiger partial charge in [-0.2, -0.15) is 4.57 Å². The van der Waals surface area contributed by atoms with E-state index in [1.165, 1.54) is 64.6 Å². The van der Waals surface area contributed by atoms with Crippen molar-refractivity contribution in [1.82, 2.24) is 4.40 Å². The molecule has 3 heteroatoms. The summed E-state index contributed by atoms with van der Waals surface area (Å²) in [7, 11) is 2.19. The second kappa shape index (κ2) is 4.81. The van der Waals surface area contributed by atoms with Gasteiger partial charge in [0.2, 0.25) is 5.52 Å². The van der Waals surface area contributed by atoms with E-state index in [1.54, 1.807) is 0 Å². The molecule has 0 amide bonds. The van der Waals surface area contributed by atoms with Gasteiger partial charge < -0.3 is 4.40 Å². The molecule has 0 aliphatic rings. The first kappa shape index (κ1) is 14.8. The molecule has 2 nitrogen and oxygen atoms in total. The van der Waals surface area contributed by atoms with Crippen molar-refractivity contribution in [1.29, 1.82) is 0 Å². The Kier molecular flexibility index (Phi) is 2.55. The Labute approximate surface area is 165 Å². The molecule has 0 radical (unpaired) electrons. The van der Waals surface area contributed by atoms with Crippen molar-refractivity contribution in [2.75, 3.05) is 0 Å². The summed E-state index contributed by atoms with van der Waals surface area (Å²) >= 11 is 1.84. The normalized spacial score (nSPS) is 12.6. The molecule has 0 atom stereocenters. The van der Waals surface area contributed by atoms with E-state index in [1.807, 2.05) is 11.3 Å². The first-order valence-electron chi connectivity index (χ1n) is 9.60. The predicted octanol–water partition coefficient (Wildman–Crippen LogP) is 6.34. The molecule has 0 spiro atoms. The third-order valence-electron chi connectivity index (χ3n) is 6.31. The van der Waals surface area contributed by atoms with Crippen LogP contribution in [0.25, 0.3) is 59.1 Å². The molecule has 0 fully saturated rings. The zero-order valence-electron chi connectivity index (χ0n) is 15.7. The van der Waals surface area contributed by atoms with Crippen LogP contribution in [0.15, 0.2) is 66.2 Å². The lowest BCUT2D eigenvalue weighted by molar-refractivity contribution is -0.642. The summed E-state index contributed by atoms with van der Waals surface area (Å²) in [6, 6.07) is 20.2. The predicted molar refractivity (Wildman–Crippen MR) is 120 cm³/mol. The molecule has 0 aliphatic carbocycles. The standard InChI is InChI=1S/C25H17N2S/c1-14-7-8-15-9-10-18-17-5-3-4-6-19(17)27-22(18)21(15)20(14)23-24(27)25-16(11-12-28-25)13-26(23)2/h3-13H,1-2H3/q+1. The maximum absolute atomic E-state index is 2.52. The van der Waals surface area contributed by atoms with Crippen LogP contribution in [0.1, 0.15) is 5.56 Å². The summed E-state index contributed by atoms with van der Waals surface area (Å²) in [6.45, 7) is 2.24. The molecular weight excluding hydrogens is 360 g/mol. The van der Waals surface area contributed by atoms with Gasteiger partial charge in [0.1, 0.15) is 12.6 Å². The number of pyridine rings is 2. The number of aromatic nitrogens is 2. The van der Waals surface area contributed by atoms with Gasteiger partial charge in [-0.15, -0.1) is 11.3 Å². The minimum atomic E-state index is 1.29. The largest absolute Gasteiger partial charge is 0.302 e. The fraction of sp³-hybridized carbons (Fsp3) is 0.0800. The van der Waals surface area contributed by atoms with Crippen molar-refractivity contribution in [3.8, 4) is 0 Å². The lowest BCUT2D eigenvalue weighted by atomic mass is 9.97. The first-order valence-corrected chi connectivity index (χ1v) is 10.5. The molecule has 0 bridgehead atoms. The van der Waals surface area contributed by atoms with E-state index < -0.39 is 0 Å². The van der Waals surface area contributed by atoms with Gasteiger partial charge in [-0.1, -0.05) is 42.5 Å². The number of hydrogen-bond acceptors (Lipinski definition) is 1. The maximum atomic E-state index is 2.52. The Morgan fingerprint density at radius 2 is 1.68 bits per heavy atom. The van der Waals surface area contributed by atoms with E-state index in [0.717, 1.165) is 0 Å². The van der Waals surface area contributed by atoms with Gasteiger partial charge in [0, 0.05) is 16.2 Å². The lowest BCUT2D eigenvalue weighted by Gasteiger charge is -2.13. The van der Waals surface area contributed by atoms with Gasteiger partial charge in [0.05, 0.1) is 26.5 Å². The Hall–Kier alpha value is -3.17. The van der Waals surface area contributed by atoms with Crippen LogP contribution in [0.2, 0.25) is 0 Å². The Balaban J connectivity index is 2.05. The van der Waals surface area contributed by atoms with Crippen molar-refractivity contribution in [2.24, 2.45) is 7.05 Å². The third-order valence-corrected chi connectivity index (χ3v) is 7.24. The SMILES string of the molecule is Cc1ccc2ccc3c4ccccc4n4c3c2c1c1c4c2sccc2c[n+]1C. The van der Waals surface area contributed by atoms with Gasteiger partial charge in [-0.05, 0) is 35.4 Å². The fourth-order valence-electron chi connectivity index (χ4n) is 5.17. The van der Waals surface area contributed by atoms with Crippen LogP contribution in [0.5, 0.6) is 0 Å². The molecule has 0 saturated heterocycles. The highest BCUT2D eigenvalue weighted by Gasteiger charge is 2.25. The van der Waals surface area contributed by atoms with Crippen LogP contribution >= 0.6 is 11.3 Å². The number of aryl methyl sites for hydroxylation is 2. The second-order valence-corrected chi connectivity index (χ2v) is 8.73. The Bertz CT molecular complexity index is 1730. The van der Waals surface area contributed by atoms with E-state index >= 15 is 0 Å². The summed E-state index contributed by atoms with van der Waals surface area (Å²) in [4.78, 5) is 0. The molecule has 0 saturated carbocycles. The summed E-state index contributed by atoms with van der Waals surface area (Å²) < 4.78 is 6.21. The molecule has 132 valence electrons. The van der Waals surface area contributed by atoms with Gasteiger partial charge in [0.25, 0.3) is 0 Å². The van der Waals surface area contributed by atoms with Gasteiger partial charge >= 0.3 is 0 Å². The lowest BCUT2D eigenvalue weighted by Crippen LogP contribution is -2.29. The zero-order chi connectivity index (χ0) is 18.6. The number of benzene rings is 3. The van der Waals surface area contributed by atoms with E-state index in [9.17, 15) is 0 Å². The molecule has 0 unspecified atom stereocenters. The first-order chi connectivity index (χ1) is 13.7. The highest BCUT2D eigenvalue weighted by atomic mass is 32.1. The fourth-order valence-corrected chi connectivity index (χ4v) is 6.08. The molecule has 0 N–H and O–H groups in total. The quantitative estimate of drug-likeness (QED) is 0.166. The molecule has 7 aromatic rings. The van der Waals surface area contributed by atoms with Crippen LogP contribution in [0.3, 0.4) is 0 Å². The molecular formula is C25H17N2S+. The highest BCUT2D eigenvalue weighted by molar-refractivity contribution is 7.18. The van der Waals surface area contributed by atoms with Crippen molar-refractivity contribution in [3.63, 3.8) is 0 Å². The number of para-hydroxylation sites is 1. The van der Waals surface area contributed by atoms with Crippen molar-refractivity contribution >= 4 is 70.4 Å². The van der Waals surface area contributed by atoms with E-state index in [2.05, 4.69) is 89.1 Å². The van der Waals surface area contributed by atoms with Crippen molar-refractivity contribution in [3.05, 3.63) is 71.7 Å². The molecule has 3 aromatic carbocycles. The van der Waals surface area contributed by atoms with Gasteiger partial charge in [0.15, 0.2) is 6.20 Å². The Morgan fingerprint density at radius 1 is 0.821 bits per heavy atom. The number of fused-ring (bicyclic) bond motifs is 8. The minimum absolute atomic E-state index is 1.29. The molecule has 0 aliphatic heterocycles. The third kappa shape index (κ3) is 1.55. The van der Waals surface area contributed by atoms with Gasteiger partial charge in [-0.25, -0.2) is 0 Å². The van der Waals surface area contributed by atoms with E-state index in [0.29, 0.717) is 0 Å². The van der Waals surface area contributed by atoms with Crippen LogP contribution in [-0.4, -0.2) is 4.40 Å². The van der Waals surface area contributed by atoms with Crippen LogP contribution < -0.4 is 4.57 Å². The van der Waals surface area contributed by atoms with Crippen LogP contribution in [0.4, 0.5) is 0 Å². The van der Waals surface area contributed by atoms with Crippen molar-refractivity contribution < 1.29 is 4.57 Å². The maximum Gasteiger partial charge on any atom is 0.239 e. The zero-order valence-corrected chi connectivity index (χ0v) is 16.5. The summed E-state index contributed by atoms with van der Waals surface area (Å²) in [5.41, 5.74) is 6.63.